The molecule has 1 aromatic heterocycles. The van der Waals surface area contributed by atoms with Gasteiger partial charge in [-0.1, -0.05) is 40.6 Å². The summed E-state index contributed by atoms with van der Waals surface area (Å²) in [5, 5.41) is 11.6. The second-order valence-electron chi connectivity index (χ2n) is 5.05. The van der Waals surface area contributed by atoms with Crippen LogP contribution in [0.4, 0.5) is 5.13 Å². The molecule has 0 saturated carbocycles. The number of hydrogen-bond acceptors (Lipinski definition) is 5. The fourth-order valence-electron chi connectivity index (χ4n) is 2.36. The summed E-state index contributed by atoms with van der Waals surface area (Å²) in [6.45, 7) is 3.11. The van der Waals surface area contributed by atoms with Gasteiger partial charge in [-0.2, -0.15) is 0 Å². The van der Waals surface area contributed by atoms with E-state index in [9.17, 15) is 5.11 Å². The molecule has 7 heteroatoms. The molecule has 4 nitrogen and oxygen atoms in total. The molecule has 2 aromatic rings. The van der Waals surface area contributed by atoms with Crippen molar-refractivity contribution in [3.05, 3.63) is 44.4 Å². The first-order valence-corrected chi connectivity index (χ1v) is 8.60. The third kappa shape index (κ3) is 3.55. The van der Waals surface area contributed by atoms with E-state index in [2.05, 4.69) is 4.90 Å². The molecule has 1 fully saturated rings. The maximum absolute atomic E-state index is 9.59. The number of aliphatic hydroxyl groups excluding tert-OH is 1. The van der Waals surface area contributed by atoms with Gasteiger partial charge in [-0.05, 0) is 17.7 Å². The maximum Gasteiger partial charge on any atom is 0.186 e. The van der Waals surface area contributed by atoms with E-state index in [1.54, 1.807) is 17.4 Å². The number of thiazole rings is 1. The highest BCUT2D eigenvalue weighted by molar-refractivity contribution is 7.15. The third-order valence-electron chi connectivity index (χ3n) is 3.55. The molecule has 0 amide bonds. The lowest BCUT2D eigenvalue weighted by Crippen LogP contribution is -2.36. The second kappa shape index (κ2) is 7.15. The van der Waals surface area contributed by atoms with Crippen molar-refractivity contribution in [2.24, 2.45) is 0 Å². The number of hydrogen-bond donors (Lipinski definition) is 1. The number of anilines is 1. The lowest BCUT2D eigenvalue weighted by molar-refractivity contribution is 0.122. The van der Waals surface area contributed by atoms with Crippen molar-refractivity contribution in [2.45, 2.75) is 13.0 Å². The average molecular weight is 359 g/mol. The van der Waals surface area contributed by atoms with E-state index in [0.717, 1.165) is 47.6 Å². The molecule has 2 heterocycles. The molecule has 3 rings (SSSR count). The van der Waals surface area contributed by atoms with Crippen LogP contribution in [0.15, 0.2) is 18.2 Å². The number of aromatic nitrogens is 1. The molecule has 22 heavy (non-hydrogen) atoms. The Labute approximate surface area is 143 Å². The standard InChI is InChI=1S/C15H16Cl2N2O2S/c16-11-2-1-10(7-12(11)17)8-13-14(9-20)22-15(18-13)19-3-5-21-6-4-19/h1-2,7,20H,3-6,8-9H2. The summed E-state index contributed by atoms with van der Waals surface area (Å²) >= 11 is 13.5. The van der Waals surface area contributed by atoms with Crippen LogP contribution in [0.1, 0.15) is 16.1 Å². The number of ether oxygens (including phenoxy) is 1. The number of nitrogens with zero attached hydrogens (tertiary/aromatic N) is 2. The Hall–Kier alpha value is -0.850. The molecule has 0 atom stereocenters. The van der Waals surface area contributed by atoms with Gasteiger partial charge in [0.05, 0.1) is 40.4 Å². The highest BCUT2D eigenvalue weighted by Crippen LogP contribution is 2.30. The summed E-state index contributed by atoms with van der Waals surface area (Å²) in [5.74, 6) is 0. The van der Waals surface area contributed by atoms with Crippen molar-refractivity contribution in [2.75, 3.05) is 31.2 Å². The molecule has 0 bridgehead atoms. The minimum absolute atomic E-state index is 0.00133. The highest BCUT2D eigenvalue weighted by Gasteiger charge is 2.18. The average Bonchev–Trinajstić information content (AvgIpc) is 2.95. The van der Waals surface area contributed by atoms with Gasteiger partial charge >= 0.3 is 0 Å². The van der Waals surface area contributed by atoms with Crippen LogP contribution < -0.4 is 4.90 Å². The van der Waals surface area contributed by atoms with Crippen molar-refractivity contribution in [3.8, 4) is 0 Å². The molecule has 1 aliphatic rings. The summed E-state index contributed by atoms with van der Waals surface area (Å²) < 4.78 is 5.36. The van der Waals surface area contributed by atoms with E-state index in [1.165, 1.54) is 0 Å². The Bertz CT molecular complexity index is 657. The van der Waals surface area contributed by atoms with Crippen LogP contribution in [0.25, 0.3) is 0 Å². The van der Waals surface area contributed by atoms with E-state index in [1.807, 2.05) is 12.1 Å². The van der Waals surface area contributed by atoms with Gasteiger partial charge in [-0.3, -0.25) is 0 Å². The third-order valence-corrected chi connectivity index (χ3v) is 5.43. The Morgan fingerprint density at radius 1 is 1.23 bits per heavy atom. The predicted molar refractivity (Wildman–Crippen MR) is 90.3 cm³/mol. The van der Waals surface area contributed by atoms with Gasteiger partial charge in [-0.25, -0.2) is 4.98 Å². The van der Waals surface area contributed by atoms with Crippen LogP contribution in [0, 0.1) is 0 Å². The van der Waals surface area contributed by atoms with Crippen LogP contribution in [0.2, 0.25) is 10.0 Å². The topological polar surface area (TPSA) is 45.6 Å². The van der Waals surface area contributed by atoms with Crippen LogP contribution in [-0.4, -0.2) is 36.4 Å². The number of aliphatic hydroxyl groups is 1. The largest absolute Gasteiger partial charge is 0.391 e. The van der Waals surface area contributed by atoms with Gasteiger partial charge in [0.15, 0.2) is 5.13 Å². The molecule has 0 unspecified atom stereocenters. The number of benzene rings is 1. The van der Waals surface area contributed by atoms with Crippen molar-refractivity contribution >= 4 is 39.7 Å². The molecule has 0 spiro atoms. The first kappa shape index (κ1) is 16.0. The molecule has 1 aliphatic heterocycles. The fraction of sp³-hybridized carbons (Fsp3) is 0.400. The van der Waals surface area contributed by atoms with Crippen molar-refractivity contribution in [3.63, 3.8) is 0 Å². The first-order valence-electron chi connectivity index (χ1n) is 7.03. The number of rotatable bonds is 4. The fourth-order valence-corrected chi connectivity index (χ4v) is 3.67. The minimum Gasteiger partial charge on any atom is -0.391 e. The Kier molecular flexibility index (Phi) is 5.21. The Morgan fingerprint density at radius 3 is 2.68 bits per heavy atom. The van der Waals surface area contributed by atoms with Gasteiger partial charge in [0.2, 0.25) is 0 Å². The lowest BCUT2D eigenvalue weighted by Gasteiger charge is -2.26. The molecule has 1 saturated heterocycles. The van der Waals surface area contributed by atoms with Gasteiger partial charge in [0.25, 0.3) is 0 Å². The van der Waals surface area contributed by atoms with E-state index in [-0.39, 0.29) is 6.61 Å². The monoisotopic (exact) mass is 358 g/mol. The smallest absolute Gasteiger partial charge is 0.186 e. The normalized spacial score (nSPS) is 15.3. The van der Waals surface area contributed by atoms with Crippen LogP contribution >= 0.6 is 34.5 Å². The van der Waals surface area contributed by atoms with Gasteiger partial charge in [-0.15, -0.1) is 0 Å². The first-order chi connectivity index (χ1) is 10.7. The van der Waals surface area contributed by atoms with E-state index in [4.69, 9.17) is 32.9 Å². The SMILES string of the molecule is OCc1sc(N2CCOCC2)nc1Cc1ccc(Cl)c(Cl)c1. The zero-order valence-electron chi connectivity index (χ0n) is 11.9. The summed E-state index contributed by atoms with van der Waals surface area (Å²) in [4.78, 5) is 7.80. The van der Waals surface area contributed by atoms with Gasteiger partial charge in [0, 0.05) is 19.5 Å². The second-order valence-corrected chi connectivity index (χ2v) is 6.93. The van der Waals surface area contributed by atoms with Crippen LogP contribution in [0.3, 0.4) is 0 Å². The molecule has 118 valence electrons. The van der Waals surface area contributed by atoms with E-state index >= 15 is 0 Å². The molecule has 1 aromatic carbocycles. The molecule has 0 aliphatic carbocycles. The zero-order valence-corrected chi connectivity index (χ0v) is 14.2. The summed E-state index contributed by atoms with van der Waals surface area (Å²) in [6.07, 6.45) is 0.633. The summed E-state index contributed by atoms with van der Waals surface area (Å²) in [5.41, 5.74) is 1.93. The summed E-state index contributed by atoms with van der Waals surface area (Å²) in [6, 6.07) is 5.56. The van der Waals surface area contributed by atoms with E-state index < -0.39 is 0 Å². The maximum atomic E-state index is 9.59. The predicted octanol–water partition coefficient (Wildman–Crippen LogP) is 3.37. The zero-order chi connectivity index (χ0) is 15.5. The van der Waals surface area contributed by atoms with Crippen LogP contribution in [0.5, 0.6) is 0 Å². The van der Waals surface area contributed by atoms with Gasteiger partial charge < -0.3 is 14.7 Å². The van der Waals surface area contributed by atoms with Crippen molar-refractivity contribution < 1.29 is 9.84 Å². The number of halogens is 2. The molecule has 0 radical (unpaired) electrons. The van der Waals surface area contributed by atoms with Crippen molar-refractivity contribution in [1.82, 2.24) is 4.98 Å². The summed E-state index contributed by atoms with van der Waals surface area (Å²) in [7, 11) is 0. The van der Waals surface area contributed by atoms with Crippen molar-refractivity contribution in [1.29, 1.82) is 0 Å². The Balaban J connectivity index is 1.82. The van der Waals surface area contributed by atoms with Gasteiger partial charge in [0.1, 0.15) is 0 Å². The Morgan fingerprint density at radius 2 is 2.00 bits per heavy atom. The number of morpholine rings is 1. The molecular weight excluding hydrogens is 343 g/mol. The highest BCUT2D eigenvalue weighted by atomic mass is 35.5. The quantitative estimate of drug-likeness (QED) is 0.909. The van der Waals surface area contributed by atoms with Crippen LogP contribution in [-0.2, 0) is 17.8 Å². The molecular formula is C15H16Cl2N2O2S. The minimum atomic E-state index is -0.00133. The van der Waals surface area contributed by atoms with E-state index in [0.29, 0.717) is 16.5 Å². The lowest BCUT2D eigenvalue weighted by atomic mass is 10.1. The molecule has 1 N–H and O–H groups in total.